The van der Waals surface area contributed by atoms with Crippen LogP contribution in [0.15, 0.2) is 48.5 Å². The lowest BCUT2D eigenvalue weighted by Gasteiger charge is -2.20. The highest BCUT2D eigenvalue weighted by molar-refractivity contribution is 5.40. The Morgan fingerprint density at radius 2 is 1.90 bits per heavy atom. The van der Waals surface area contributed by atoms with Crippen molar-refractivity contribution in [3.05, 3.63) is 75.3 Å². The monoisotopic (exact) mass is 282 g/mol. The molecule has 4 heteroatoms. The number of nitrogens with zero attached hydrogens (tertiary/aromatic N) is 2. The second-order valence-corrected chi connectivity index (χ2v) is 5.51. The molecule has 0 atom stereocenters. The Morgan fingerprint density at radius 3 is 2.67 bits per heavy atom. The van der Waals surface area contributed by atoms with Gasteiger partial charge in [-0.25, -0.2) is 0 Å². The van der Waals surface area contributed by atoms with E-state index in [1.807, 2.05) is 24.3 Å². The van der Waals surface area contributed by atoms with Gasteiger partial charge >= 0.3 is 0 Å². The van der Waals surface area contributed by atoms with Crippen molar-refractivity contribution in [1.29, 1.82) is 0 Å². The average Bonchev–Trinajstić information content (AvgIpc) is 2.69. The van der Waals surface area contributed by atoms with Gasteiger partial charge in [-0.2, -0.15) is 0 Å². The highest BCUT2D eigenvalue weighted by Gasteiger charge is 2.17. The fraction of sp³-hybridized carbons (Fsp3) is 0.294. The summed E-state index contributed by atoms with van der Waals surface area (Å²) in [6.07, 6.45) is 2.09. The molecule has 0 saturated heterocycles. The first kappa shape index (κ1) is 13.8. The molecule has 0 amide bonds. The van der Waals surface area contributed by atoms with Crippen LogP contribution in [0.3, 0.4) is 0 Å². The van der Waals surface area contributed by atoms with Crippen molar-refractivity contribution in [2.45, 2.75) is 25.9 Å². The second kappa shape index (κ2) is 6.06. The number of fused-ring (bicyclic) bond motifs is 1. The smallest absolute Gasteiger partial charge is 0.269 e. The van der Waals surface area contributed by atoms with Crippen molar-refractivity contribution in [2.75, 3.05) is 6.54 Å². The molecular weight excluding hydrogens is 264 g/mol. The molecule has 0 radical (unpaired) electrons. The van der Waals surface area contributed by atoms with Crippen LogP contribution in [0, 0.1) is 10.1 Å². The van der Waals surface area contributed by atoms with Gasteiger partial charge in [0.2, 0.25) is 0 Å². The van der Waals surface area contributed by atoms with Gasteiger partial charge in [0.15, 0.2) is 0 Å². The van der Waals surface area contributed by atoms with Crippen LogP contribution in [-0.4, -0.2) is 16.4 Å². The Labute approximate surface area is 124 Å². The lowest BCUT2D eigenvalue weighted by atomic mass is 10.0. The van der Waals surface area contributed by atoms with E-state index in [9.17, 15) is 10.1 Å². The predicted molar refractivity (Wildman–Crippen MR) is 82.0 cm³/mol. The number of rotatable bonds is 3. The molecule has 0 aliphatic carbocycles. The Balaban J connectivity index is 1.81. The summed E-state index contributed by atoms with van der Waals surface area (Å²) in [5.41, 5.74) is 3.82. The fourth-order valence-corrected chi connectivity index (χ4v) is 2.91. The minimum Gasteiger partial charge on any atom is -0.295 e. The number of hydrogen-bond acceptors (Lipinski definition) is 3. The van der Waals surface area contributed by atoms with Crippen LogP contribution in [0.4, 0.5) is 5.69 Å². The van der Waals surface area contributed by atoms with Gasteiger partial charge in [0, 0.05) is 25.2 Å². The molecule has 0 fully saturated rings. The van der Waals surface area contributed by atoms with Crippen molar-refractivity contribution >= 4 is 5.69 Å². The second-order valence-electron chi connectivity index (χ2n) is 5.51. The number of non-ortho nitro benzene ring substituents is 1. The molecule has 0 N–H and O–H groups in total. The van der Waals surface area contributed by atoms with Gasteiger partial charge < -0.3 is 0 Å². The molecule has 3 rings (SSSR count). The molecule has 108 valence electrons. The van der Waals surface area contributed by atoms with Gasteiger partial charge in [0.25, 0.3) is 5.69 Å². The molecule has 0 saturated carbocycles. The largest absolute Gasteiger partial charge is 0.295 e. The Morgan fingerprint density at radius 1 is 1.10 bits per heavy atom. The number of nitro groups is 1. The normalized spacial score (nSPS) is 15.2. The molecular formula is C17H18N2O2. The van der Waals surface area contributed by atoms with Crippen LogP contribution < -0.4 is 0 Å². The predicted octanol–water partition coefficient (Wildman–Crippen LogP) is 3.54. The van der Waals surface area contributed by atoms with E-state index in [0.717, 1.165) is 38.0 Å². The molecule has 1 aliphatic heterocycles. The van der Waals surface area contributed by atoms with E-state index in [0.29, 0.717) is 0 Å². The van der Waals surface area contributed by atoms with E-state index >= 15 is 0 Å². The summed E-state index contributed by atoms with van der Waals surface area (Å²) in [6.45, 7) is 2.70. The standard InChI is InChI=1S/C17H18N2O2/c20-19(21)17-9-8-15-7-4-10-18(13-16(15)11-17)12-14-5-2-1-3-6-14/h1-3,5-6,8-9,11H,4,7,10,12-13H2. The highest BCUT2D eigenvalue weighted by atomic mass is 16.6. The van der Waals surface area contributed by atoms with Gasteiger partial charge in [0.1, 0.15) is 0 Å². The summed E-state index contributed by atoms with van der Waals surface area (Å²) in [6, 6.07) is 15.6. The van der Waals surface area contributed by atoms with Crippen LogP contribution >= 0.6 is 0 Å². The van der Waals surface area contributed by atoms with Crippen molar-refractivity contribution in [3.8, 4) is 0 Å². The fourth-order valence-electron chi connectivity index (χ4n) is 2.91. The summed E-state index contributed by atoms with van der Waals surface area (Å²) >= 11 is 0. The van der Waals surface area contributed by atoms with Crippen LogP contribution in [0.2, 0.25) is 0 Å². The van der Waals surface area contributed by atoms with Crippen LogP contribution in [0.5, 0.6) is 0 Å². The maximum atomic E-state index is 10.9. The number of aryl methyl sites for hydroxylation is 1. The molecule has 0 spiro atoms. The van der Waals surface area contributed by atoms with E-state index in [1.54, 1.807) is 12.1 Å². The van der Waals surface area contributed by atoms with Gasteiger partial charge in [0.05, 0.1) is 4.92 Å². The zero-order chi connectivity index (χ0) is 14.7. The Bertz CT molecular complexity index is 640. The van der Waals surface area contributed by atoms with Crippen LogP contribution in [0.1, 0.15) is 23.1 Å². The molecule has 0 bridgehead atoms. The van der Waals surface area contributed by atoms with Gasteiger partial charge in [-0.3, -0.25) is 15.0 Å². The molecule has 4 nitrogen and oxygen atoms in total. The first-order chi connectivity index (χ1) is 10.2. The molecule has 1 heterocycles. The molecule has 0 aromatic heterocycles. The SMILES string of the molecule is O=[N+]([O-])c1ccc2c(c1)CN(Cc1ccccc1)CCC2. The molecule has 0 unspecified atom stereocenters. The maximum absolute atomic E-state index is 10.9. The quantitative estimate of drug-likeness (QED) is 0.639. The molecule has 21 heavy (non-hydrogen) atoms. The number of benzene rings is 2. The third-order valence-electron chi connectivity index (χ3n) is 3.96. The maximum Gasteiger partial charge on any atom is 0.269 e. The number of nitro benzene ring substituents is 1. The summed E-state index contributed by atoms with van der Waals surface area (Å²) in [4.78, 5) is 13.0. The van der Waals surface area contributed by atoms with Gasteiger partial charge in [-0.1, -0.05) is 36.4 Å². The van der Waals surface area contributed by atoms with E-state index in [1.165, 1.54) is 11.1 Å². The first-order valence-corrected chi connectivity index (χ1v) is 7.25. The van der Waals surface area contributed by atoms with E-state index < -0.39 is 0 Å². The van der Waals surface area contributed by atoms with Crippen molar-refractivity contribution < 1.29 is 4.92 Å². The van der Waals surface area contributed by atoms with E-state index in [-0.39, 0.29) is 10.6 Å². The van der Waals surface area contributed by atoms with Gasteiger partial charge in [-0.05, 0) is 36.1 Å². The number of hydrogen-bond donors (Lipinski definition) is 0. The summed E-state index contributed by atoms with van der Waals surface area (Å²) < 4.78 is 0. The molecule has 2 aromatic carbocycles. The average molecular weight is 282 g/mol. The molecule has 2 aromatic rings. The van der Waals surface area contributed by atoms with Crippen LogP contribution in [0.25, 0.3) is 0 Å². The lowest BCUT2D eigenvalue weighted by Crippen LogP contribution is -2.22. The Kier molecular flexibility index (Phi) is 3.97. The zero-order valence-corrected chi connectivity index (χ0v) is 11.9. The van der Waals surface area contributed by atoms with Crippen molar-refractivity contribution in [1.82, 2.24) is 4.90 Å². The minimum absolute atomic E-state index is 0.190. The molecule has 1 aliphatic rings. The first-order valence-electron chi connectivity index (χ1n) is 7.25. The van der Waals surface area contributed by atoms with Gasteiger partial charge in [-0.15, -0.1) is 0 Å². The lowest BCUT2D eigenvalue weighted by molar-refractivity contribution is -0.384. The summed E-state index contributed by atoms with van der Waals surface area (Å²) in [5, 5.41) is 10.9. The zero-order valence-electron chi connectivity index (χ0n) is 11.9. The van der Waals surface area contributed by atoms with Crippen molar-refractivity contribution in [3.63, 3.8) is 0 Å². The summed E-state index contributed by atoms with van der Waals surface area (Å²) in [7, 11) is 0. The van der Waals surface area contributed by atoms with E-state index in [2.05, 4.69) is 17.0 Å². The van der Waals surface area contributed by atoms with Crippen molar-refractivity contribution in [2.24, 2.45) is 0 Å². The summed E-state index contributed by atoms with van der Waals surface area (Å²) in [5.74, 6) is 0. The highest BCUT2D eigenvalue weighted by Crippen LogP contribution is 2.24. The third kappa shape index (κ3) is 3.28. The third-order valence-corrected chi connectivity index (χ3v) is 3.96. The Hall–Kier alpha value is -2.20. The topological polar surface area (TPSA) is 46.4 Å². The van der Waals surface area contributed by atoms with Crippen LogP contribution in [-0.2, 0) is 19.5 Å². The van der Waals surface area contributed by atoms with E-state index in [4.69, 9.17) is 0 Å². The minimum atomic E-state index is -0.313.